The topological polar surface area (TPSA) is 63.4 Å². The number of hydrogen-bond donors (Lipinski definition) is 1. The summed E-state index contributed by atoms with van der Waals surface area (Å²) in [4.78, 5) is 26.0. The van der Waals surface area contributed by atoms with Crippen LogP contribution >= 0.6 is 31.9 Å². The number of nitrogens with zero attached hydrogens (tertiary/aromatic N) is 1. The maximum absolute atomic E-state index is 12.4. The number of nitrogens with two attached hydrogens (primary N) is 1. The zero-order valence-electron chi connectivity index (χ0n) is 10.8. The SMILES string of the molecule is Nc1cccc(CN2C(=O)c3ccc(Br)cc3C2=O)c1Br. The van der Waals surface area contributed by atoms with Crippen molar-refractivity contribution in [3.05, 3.63) is 62.0 Å². The van der Waals surface area contributed by atoms with Gasteiger partial charge in [0.25, 0.3) is 11.8 Å². The number of hydrogen-bond acceptors (Lipinski definition) is 3. The molecule has 0 radical (unpaired) electrons. The minimum atomic E-state index is -0.286. The van der Waals surface area contributed by atoms with Crippen LogP contribution in [0, 0.1) is 0 Å². The molecule has 0 aliphatic carbocycles. The minimum Gasteiger partial charge on any atom is -0.398 e. The first-order chi connectivity index (χ1) is 9.99. The van der Waals surface area contributed by atoms with E-state index in [9.17, 15) is 9.59 Å². The highest BCUT2D eigenvalue weighted by Crippen LogP contribution is 2.30. The van der Waals surface area contributed by atoms with Gasteiger partial charge in [0.05, 0.1) is 17.7 Å². The van der Waals surface area contributed by atoms with E-state index in [4.69, 9.17) is 5.73 Å². The Bertz CT molecular complexity index is 774. The molecule has 1 heterocycles. The lowest BCUT2D eigenvalue weighted by molar-refractivity contribution is 0.0642. The van der Waals surface area contributed by atoms with Gasteiger partial charge in [-0.3, -0.25) is 14.5 Å². The number of benzene rings is 2. The zero-order valence-corrected chi connectivity index (χ0v) is 13.9. The molecular formula is C15H10Br2N2O2. The van der Waals surface area contributed by atoms with Crippen LogP contribution in [0.25, 0.3) is 0 Å². The van der Waals surface area contributed by atoms with Crippen LogP contribution in [0.2, 0.25) is 0 Å². The van der Waals surface area contributed by atoms with Gasteiger partial charge in [-0.25, -0.2) is 0 Å². The van der Waals surface area contributed by atoms with Gasteiger partial charge in [-0.15, -0.1) is 0 Å². The molecule has 0 saturated heterocycles. The predicted molar refractivity (Wildman–Crippen MR) is 86.9 cm³/mol. The summed E-state index contributed by atoms with van der Waals surface area (Å²) in [6.45, 7) is 0.190. The van der Waals surface area contributed by atoms with Crippen LogP contribution in [0.4, 0.5) is 5.69 Å². The van der Waals surface area contributed by atoms with Gasteiger partial charge in [0.2, 0.25) is 0 Å². The van der Waals surface area contributed by atoms with Crippen molar-refractivity contribution in [2.75, 3.05) is 5.73 Å². The van der Waals surface area contributed by atoms with Crippen molar-refractivity contribution in [2.45, 2.75) is 6.54 Å². The summed E-state index contributed by atoms with van der Waals surface area (Å²) in [5.74, 6) is -0.567. The molecule has 3 rings (SSSR count). The summed E-state index contributed by atoms with van der Waals surface area (Å²) in [5.41, 5.74) is 8.06. The fourth-order valence-corrected chi connectivity index (χ4v) is 3.05. The Morgan fingerprint density at radius 2 is 1.71 bits per heavy atom. The van der Waals surface area contributed by atoms with Crippen molar-refractivity contribution in [1.82, 2.24) is 4.90 Å². The number of anilines is 1. The van der Waals surface area contributed by atoms with Gasteiger partial charge >= 0.3 is 0 Å². The molecule has 6 heteroatoms. The fourth-order valence-electron chi connectivity index (χ4n) is 2.30. The van der Waals surface area contributed by atoms with Crippen LogP contribution in [-0.2, 0) is 6.54 Å². The van der Waals surface area contributed by atoms with Gasteiger partial charge in [-0.1, -0.05) is 28.1 Å². The van der Waals surface area contributed by atoms with E-state index in [1.807, 2.05) is 6.07 Å². The molecule has 0 bridgehead atoms. The number of nitrogen functional groups attached to an aromatic ring is 1. The highest BCUT2D eigenvalue weighted by atomic mass is 79.9. The molecular weight excluding hydrogens is 400 g/mol. The van der Waals surface area contributed by atoms with Crippen molar-refractivity contribution in [3.63, 3.8) is 0 Å². The molecule has 4 nitrogen and oxygen atoms in total. The van der Waals surface area contributed by atoms with E-state index in [1.165, 1.54) is 4.90 Å². The summed E-state index contributed by atoms with van der Waals surface area (Å²) in [7, 11) is 0. The Hall–Kier alpha value is -1.66. The van der Waals surface area contributed by atoms with E-state index >= 15 is 0 Å². The van der Waals surface area contributed by atoms with Crippen LogP contribution in [0.3, 0.4) is 0 Å². The van der Waals surface area contributed by atoms with Gasteiger partial charge in [0, 0.05) is 14.6 Å². The van der Waals surface area contributed by atoms with Crippen molar-refractivity contribution in [2.24, 2.45) is 0 Å². The number of rotatable bonds is 2. The summed E-state index contributed by atoms with van der Waals surface area (Å²) in [5, 5.41) is 0. The molecule has 2 N–H and O–H groups in total. The average Bonchev–Trinajstić information content (AvgIpc) is 2.68. The first-order valence-corrected chi connectivity index (χ1v) is 7.76. The maximum atomic E-state index is 12.4. The van der Waals surface area contributed by atoms with Crippen molar-refractivity contribution < 1.29 is 9.59 Å². The molecule has 2 amide bonds. The molecule has 0 saturated carbocycles. The Balaban J connectivity index is 1.97. The second-order valence-corrected chi connectivity index (χ2v) is 6.42. The highest BCUT2D eigenvalue weighted by Gasteiger charge is 2.35. The van der Waals surface area contributed by atoms with E-state index in [-0.39, 0.29) is 18.4 Å². The number of halogens is 2. The Morgan fingerprint density at radius 1 is 1.00 bits per heavy atom. The standard InChI is InChI=1S/C15H10Br2N2O2/c16-9-4-5-10-11(6-9)15(21)19(14(10)20)7-8-2-1-3-12(18)13(8)17/h1-6H,7,18H2. The molecule has 0 spiro atoms. The Morgan fingerprint density at radius 3 is 2.48 bits per heavy atom. The van der Waals surface area contributed by atoms with Gasteiger partial charge < -0.3 is 5.73 Å². The van der Waals surface area contributed by atoms with Gasteiger partial charge in [-0.05, 0) is 45.8 Å². The molecule has 1 aliphatic rings. The molecule has 21 heavy (non-hydrogen) atoms. The Labute approximate surface area is 138 Å². The van der Waals surface area contributed by atoms with Crippen molar-refractivity contribution >= 4 is 49.4 Å². The zero-order chi connectivity index (χ0) is 15.1. The number of carbonyl (C=O) groups excluding carboxylic acids is 2. The minimum absolute atomic E-state index is 0.190. The number of imide groups is 1. The third kappa shape index (κ3) is 2.38. The summed E-state index contributed by atoms with van der Waals surface area (Å²) in [6, 6.07) is 10.5. The second-order valence-electron chi connectivity index (χ2n) is 4.71. The largest absolute Gasteiger partial charge is 0.398 e. The maximum Gasteiger partial charge on any atom is 0.261 e. The van der Waals surface area contributed by atoms with E-state index in [1.54, 1.807) is 30.3 Å². The van der Waals surface area contributed by atoms with Crippen LogP contribution in [0.15, 0.2) is 45.3 Å². The van der Waals surface area contributed by atoms with Crippen molar-refractivity contribution in [1.29, 1.82) is 0 Å². The van der Waals surface area contributed by atoms with E-state index in [2.05, 4.69) is 31.9 Å². The van der Waals surface area contributed by atoms with E-state index < -0.39 is 0 Å². The molecule has 106 valence electrons. The first kappa shape index (κ1) is 14.3. The van der Waals surface area contributed by atoms with E-state index in [0.717, 1.165) is 10.0 Å². The normalized spacial score (nSPS) is 13.7. The lowest BCUT2D eigenvalue weighted by Gasteiger charge is -2.15. The monoisotopic (exact) mass is 408 g/mol. The number of carbonyl (C=O) groups is 2. The van der Waals surface area contributed by atoms with Crippen LogP contribution < -0.4 is 5.73 Å². The summed E-state index contributed by atoms with van der Waals surface area (Å²) < 4.78 is 1.48. The van der Waals surface area contributed by atoms with Gasteiger partial charge in [0.15, 0.2) is 0 Å². The molecule has 0 unspecified atom stereocenters. The molecule has 1 aliphatic heterocycles. The smallest absolute Gasteiger partial charge is 0.261 e. The molecule has 0 atom stereocenters. The molecule has 2 aromatic rings. The summed E-state index contributed by atoms with van der Waals surface area (Å²) in [6.07, 6.45) is 0. The van der Waals surface area contributed by atoms with Crippen LogP contribution in [-0.4, -0.2) is 16.7 Å². The van der Waals surface area contributed by atoms with Crippen molar-refractivity contribution in [3.8, 4) is 0 Å². The fraction of sp³-hybridized carbons (Fsp3) is 0.0667. The van der Waals surface area contributed by atoms with E-state index in [0.29, 0.717) is 21.3 Å². The lowest BCUT2D eigenvalue weighted by Crippen LogP contribution is -2.29. The molecule has 0 aromatic heterocycles. The van der Waals surface area contributed by atoms with Gasteiger partial charge in [-0.2, -0.15) is 0 Å². The van der Waals surface area contributed by atoms with Gasteiger partial charge in [0.1, 0.15) is 0 Å². The molecule has 2 aromatic carbocycles. The quantitative estimate of drug-likeness (QED) is 0.608. The Kier molecular flexibility index (Phi) is 3.59. The predicted octanol–water partition coefficient (Wildman–Crippen LogP) is 3.59. The average molecular weight is 410 g/mol. The van der Waals surface area contributed by atoms with Crippen LogP contribution in [0.1, 0.15) is 26.3 Å². The second kappa shape index (κ2) is 5.27. The van der Waals surface area contributed by atoms with Crippen LogP contribution in [0.5, 0.6) is 0 Å². The third-order valence-electron chi connectivity index (χ3n) is 3.37. The third-order valence-corrected chi connectivity index (χ3v) is 4.83. The molecule has 0 fully saturated rings. The number of amides is 2. The number of fused-ring (bicyclic) bond motifs is 1. The first-order valence-electron chi connectivity index (χ1n) is 6.17. The lowest BCUT2D eigenvalue weighted by atomic mass is 10.1. The highest BCUT2D eigenvalue weighted by molar-refractivity contribution is 9.11. The summed E-state index contributed by atoms with van der Waals surface area (Å²) >= 11 is 6.71.